The van der Waals surface area contributed by atoms with Crippen molar-refractivity contribution >= 4 is 17.4 Å². The fourth-order valence-corrected chi connectivity index (χ4v) is 1.85. The minimum absolute atomic E-state index is 0.265. The number of hydrogen-bond donors (Lipinski definition) is 0. The molecule has 1 aliphatic rings. The average Bonchev–Trinajstić information content (AvgIpc) is 2.85. The van der Waals surface area contributed by atoms with Crippen molar-refractivity contribution in [1.82, 2.24) is 0 Å². The third-order valence-corrected chi connectivity index (χ3v) is 2.86. The molecule has 1 nitrogen and oxygen atoms in total. The first-order valence-electron chi connectivity index (χ1n) is 4.44. The molecule has 0 radical (unpaired) electrons. The molecule has 2 heteroatoms. The lowest BCUT2D eigenvalue weighted by Crippen LogP contribution is -1.94. The second-order valence-corrected chi connectivity index (χ2v) is 4.05. The predicted octanol–water partition coefficient (Wildman–Crippen LogP) is 3.03. The molecule has 1 saturated carbocycles. The van der Waals surface area contributed by atoms with Gasteiger partial charge in [-0.1, -0.05) is 23.7 Å². The lowest BCUT2D eigenvalue weighted by molar-refractivity contribution is -0.118. The highest BCUT2D eigenvalue weighted by Gasteiger charge is 2.41. The van der Waals surface area contributed by atoms with E-state index < -0.39 is 0 Å². The number of Topliss-reactive ketones (excluding diaryl/α,β-unsaturated/α-hetero) is 1. The van der Waals surface area contributed by atoms with Gasteiger partial charge >= 0.3 is 0 Å². The number of benzene rings is 1. The molecule has 0 heterocycles. The molecule has 2 atom stereocenters. The number of carbonyl (C=O) groups excluding carboxylic acids is 1. The lowest BCUT2D eigenvalue weighted by atomic mass is 10.1. The van der Waals surface area contributed by atoms with Crippen LogP contribution in [-0.2, 0) is 4.79 Å². The SMILES string of the molecule is CC(=O)[C@@H]1C[C@H]1c1ccc(Cl)cc1. The molecule has 1 aromatic rings. The van der Waals surface area contributed by atoms with Crippen molar-refractivity contribution in [2.24, 2.45) is 5.92 Å². The highest BCUT2D eigenvalue weighted by molar-refractivity contribution is 6.30. The number of rotatable bonds is 2. The van der Waals surface area contributed by atoms with Gasteiger partial charge in [0.05, 0.1) is 0 Å². The molecule has 0 unspecified atom stereocenters. The Bertz CT molecular complexity index is 328. The number of hydrogen-bond acceptors (Lipinski definition) is 1. The second-order valence-electron chi connectivity index (χ2n) is 3.61. The van der Waals surface area contributed by atoms with Crippen molar-refractivity contribution in [3.05, 3.63) is 34.9 Å². The van der Waals surface area contributed by atoms with E-state index in [1.54, 1.807) is 6.92 Å². The van der Waals surface area contributed by atoms with Gasteiger partial charge in [0, 0.05) is 10.9 Å². The van der Waals surface area contributed by atoms with Gasteiger partial charge in [-0.25, -0.2) is 0 Å². The van der Waals surface area contributed by atoms with E-state index in [0.717, 1.165) is 11.4 Å². The van der Waals surface area contributed by atoms with Gasteiger partial charge in [-0.2, -0.15) is 0 Å². The molecule has 1 fully saturated rings. The molecule has 0 saturated heterocycles. The molecule has 0 bridgehead atoms. The van der Waals surface area contributed by atoms with Crippen LogP contribution in [0.3, 0.4) is 0 Å². The molecule has 1 aliphatic carbocycles. The molecule has 0 N–H and O–H groups in total. The van der Waals surface area contributed by atoms with Crippen molar-refractivity contribution in [1.29, 1.82) is 0 Å². The van der Waals surface area contributed by atoms with E-state index in [2.05, 4.69) is 0 Å². The van der Waals surface area contributed by atoms with Crippen molar-refractivity contribution < 1.29 is 4.79 Å². The Balaban J connectivity index is 2.12. The molecule has 0 amide bonds. The van der Waals surface area contributed by atoms with Gasteiger partial charge in [0.15, 0.2) is 0 Å². The molecular formula is C11H11ClO. The normalized spacial score (nSPS) is 25.7. The molecular weight excluding hydrogens is 184 g/mol. The first-order chi connectivity index (χ1) is 6.18. The zero-order chi connectivity index (χ0) is 9.42. The van der Waals surface area contributed by atoms with Crippen LogP contribution < -0.4 is 0 Å². The van der Waals surface area contributed by atoms with Gasteiger partial charge in [0.2, 0.25) is 0 Å². The summed E-state index contributed by atoms with van der Waals surface area (Å²) >= 11 is 5.77. The van der Waals surface area contributed by atoms with E-state index >= 15 is 0 Å². The minimum atomic E-state index is 0.265. The van der Waals surface area contributed by atoms with Crippen LogP contribution in [0.4, 0.5) is 0 Å². The largest absolute Gasteiger partial charge is 0.300 e. The Kier molecular flexibility index (Phi) is 2.12. The van der Waals surface area contributed by atoms with Crippen LogP contribution >= 0.6 is 11.6 Å². The zero-order valence-electron chi connectivity index (χ0n) is 7.46. The summed E-state index contributed by atoms with van der Waals surface area (Å²) in [6.07, 6.45) is 1.01. The van der Waals surface area contributed by atoms with E-state index in [-0.39, 0.29) is 5.92 Å². The van der Waals surface area contributed by atoms with Crippen molar-refractivity contribution in [3.63, 3.8) is 0 Å². The Hall–Kier alpha value is -0.820. The molecule has 0 spiro atoms. The zero-order valence-corrected chi connectivity index (χ0v) is 8.21. The summed E-state index contributed by atoms with van der Waals surface area (Å²) in [6.45, 7) is 1.67. The number of halogens is 1. The monoisotopic (exact) mass is 194 g/mol. The highest BCUT2D eigenvalue weighted by Crippen LogP contribution is 2.47. The van der Waals surface area contributed by atoms with E-state index in [9.17, 15) is 4.79 Å². The highest BCUT2D eigenvalue weighted by atomic mass is 35.5. The van der Waals surface area contributed by atoms with Crippen molar-refractivity contribution in [2.75, 3.05) is 0 Å². The fraction of sp³-hybridized carbons (Fsp3) is 0.364. The molecule has 0 aromatic heterocycles. The van der Waals surface area contributed by atoms with Gasteiger partial charge in [0.25, 0.3) is 0 Å². The van der Waals surface area contributed by atoms with Crippen LogP contribution in [0.15, 0.2) is 24.3 Å². The van der Waals surface area contributed by atoms with Gasteiger partial charge in [-0.15, -0.1) is 0 Å². The number of carbonyl (C=O) groups is 1. The first-order valence-corrected chi connectivity index (χ1v) is 4.82. The van der Waals surface area contributed by atoms with E-state index in [1.165, 1.54) is 5.56 Å². The van der Waals surface area contributed by atoms with Gasteiger partial charge in [0.1, 0.15) is 5.78 Å². The van der Waals surface area contributed by atoms with Crippen LogP contribution in [-0.4, -0.2) is 5.78 Å². The smallest absolute Gasteiger partial charge is 0.133 e. The molecule has 2 rings (SSSR count). The van der Waals surface area contributed by atoms with E-state index in [0.29, 0.717) is 11.7 Å². The maximum Gasteiger partial charge on any atom is 0.133 e. The average molecular weight is 195 g/mol. The quantitative estimate of drug-likeness (QED) is 0.708. The van der Waals surface area contributed by atoms with Crippen LogP contribution in [0.2, 0.25) is 5.02 Å². The van der Waals surface area contributed by atoms with Crippen LogP contribution in [0, 0.1) is 5.92 Å². The lowest BCUT2D eigenvalue weighted by Gasteiger charge is -1.97. The van der Waals surface area contributed by atoms with Crippen molar-refractivity contribution in [2.45, 2.75) is 19.3 Å². The Morgan fingerprint density at radius 2 is 2.00 bits per heavy atom. The summed E-state index contributed by atoms with van der Waals surface area (Å²) in [4.78, 5) is 11.0. The third-order valence-electron chi connectivity index (χ3n) is 2.61. The van der Waals surface area contributed by atoms with Gasteiger partial charge in [-0.3, -0.25) is 4.79 Å². The first kappa shape index (κ1) is 8.76. The van der Waals surface area contributed by atoms with E-state index in [1.807, 2.05) is 24.3 Å². The second kappa shape index (κ2) is 3.15. The Morgan fingerprint density at radius 1 is 1.38 bits per heavy atom. The summed E-state index contributed by atoms with van der Waals surface area (Å²) in [5.41, 5.74) is 1.24. The summed E-state index contributed by atoms with van der Waals surface area (Å²) < 4.78 is 0. The van der Waals surface area contributed by atoms with Crippen LogP contribution in [0.25, 0.3) is 0 Å². The number of ketones is 1. The topological polar surface area (TPSA) is 17.1 Å². The van der Waals surface area contributed by atoms with E-state index in [4.69, 9.17) is 11.6 Å². The maximum atomic E-state index is 11.0. The van der Waals surface area contributed by atoms with Crippen LogP contribution in [0.1, 0.15) is 24.8 Å². The Morgan fingerprint density at radius 3 is 2.46 bits per heavy atom. The fourth-order valence-electron chi connectivity index (χ4n) is 1.72. The molecule has 1 aromatic carbocycles. The summed E-state index contributed by atoms with van der Waals surface area (Å²) in [6, 6.07) is 7.78. The minimum Gasteiger partial charge on any atom is -0.300 e. The summed E-state index contributed by atoms with van der Waals surface area (Å²) in [5.74, 6) is 1.02. The Labute approximate surface area is 82.7 Å². The predicted molar refractivity (Wildman–Crippen MR) is 53.0 cm³/mol. The standard InChI is InChI=1S/C11H11ClO/c1-7(13)10-6-11(10)8-2-4-9(12)5-3-8/h2-5,10-11H,6H2,1H3/t10-,11-/m0/s1. The molecule has 68 valence electrons. The van der Waals surface area contributed by atoms with Crippen LogP contribution in [0.5, 0.6) is 0 Å². The third kappa shape index (κ3) is 1.75. The molecule has 13 heavy (non-hydrogen) atoms. The molecule has 0 aliphatic heterocycles. The van der Waals surface area contributed by atoms with Gasteiger partial charge < -0.3 is 0 Å². The maximum absolute atomic E-state index is 11.0. The summed E-state index contributed by atoms with van der Waals surface area (Å²) in [5, 5.41) is 0.753. The van der Waals surface area contributed by atoms with Crippen molar-refractivity contribution in [3.8, 4) is 0 Å². The van der Waals surface area contributed by atoms with Gasteiger partial charge in [-0.05, 0) is 37.0 Å². The summed E-state index contributed by atoms with van der Waals surface area (Å²) in [7, 11) is 0.